The zero-order valence-corrected chi connectivity index (χ0v) is 9.71. The molecule has 86 valence electrons. The van der Waals surface area contributed by atoms with E-state index in [4.69, 9.17) is 5.11 Å². The first-order chi connectivity index (χ1) is 6.94. The van der Waals surface area contributed by atoms with Crippen molar-refractivity contribution >= 4 is 5.91 Å². The molecule has 0 aromatic heterocycles. The van der Waals surface area contributed by atoms with Gasteiger partial charge in [-0.1, -0.05) is 6.08 Å². The summed E-state index contributed by atoms with van der Waals surface area (Å²) in [5.74, 6) is -0.101. The number of aliphatic hydroxyl groups is 1. The summed E-state index contributed by atoms with van der Waals surface area (Å²) >= 11 is 0. The van der Waals surface area contributed by atoms with Crippen molar-refractivity contribution in [2.75, 3.05) is 13.3 Å². The number of nitrogens with zero attached hydrogens (tertiary/aromatic N) is 1. The van der Waals surface area contributed by atoms with Crippen LogP contribution in [0.25, 0.3) is 0 Å². The Bertz CT molecular complexity index is 266. The Kier molecular flexibility index (Phi) is 3.74. The quantitative estimate of drug-likeness (QED) is 0.713. The second kappa shape index (κ2) is 4.66. The Morgan fingerprint density at radius 3 is 2.80 bits per heavy atom. The molecule has 4 heteroatoms. The van der Waals surface area contributed by atoms with E-state index in [1.54, 1.807) is 4.90 Å². The largest absolute Gasteiger partial charge is 0.376 e. The number of hydrogen-bond acceptors (Lipinski definition) is 3. The standard InChI is InChI=1S/C11H20N2O2/c1-11(2,3)12-10(15)9-6-4-5-7-13(9)8-14/h6,14H,4-5,7-8H2,1-3H3,(H,12,15). The summed E-state index contributed by atoms with van der Waals surface area (Å²) in [5, 5.41) is 12.0. The predicted molar refractivity (Wildman–Crippen MR) is 59.0 cm³/mol. The summed E-state index contributed by atoms with van der Waals surface area (Å²) in [6.07, 6.45) is 3.79. The molecule has 15 heavy (non-hydrogen) atoms. The Morgan fingerprint density at radius 1 is 1.60 bits per heavy atom. The van der Waals surface area contributed by atoms with Gasteiger partial charge in [0.05, 0.1) is 0 Å². The maximum Gasteiger partial charge on any atom is 0.267 e. The number of hydrogen-bond donors (Lipinski definition) is 2. The van der Waals surface area contributed by atoms with E-state index in [1.165, 1.54) is 0 Å². The SMILES string of the molecule is CC(C)(C)NC(=O)C1=CCCCN1CO. The molecule has 0 aromatic carbocycles. The van der Waals surface area contributed by atoms with Gasteiger partial charge in [-0.15, -0.1) is 0 Å². The monoisotopic (exact) mass is 212 g/mol. The topological polar surface area (TPSA) is 52.6 Å². The van der Waals surface area contributed by atoms with Crippen molar-refractivity contribution in [3.63, 3.8) is 0 Å². The van der Waals surface area contributed by atoms with Gasteiger partial charge in [-0.3, -0.25) is 4.79 Å². The summed E-state index contributed by atoms with van der Waals surface area (Å²) in [6, 6.07) is 0. The van der Waals surface area contributed by atoms with Crippen LogP contribution in [0.1, 0.15) is 33.6 Å². The van der Waals surface area contributed by atoms with Crippen LogP contribution in [-0.4, -0.2) is 34.7 Å². The van der Waals surface area contributed by atoms with E-state index in [2.05, 4.69) is 5.32 Å². The zero-order valence-electron chi connectivity index (χ0n) is 9.71. The summed E-state index contributed by atoms with van der Waals surface area (Å²) in [7, 11) is 0. The fourth-order valence-corrected chi connectivity index (χ4v) is 1.56. The van der Waals surface area contributed by atoms with Crippen LogP contribution in [0.15, 0.2) is 11.8 Å². The summed E-state index contributed by atoms with van der Waals surface area (Å²) in [5.41, 5.74) is 0.356. The number of allylic oxidation sites excluding steroid dienone is 1. The number of nitrogens with one attached hydrogen (secondary N) is 1. The number of rotatable bonds is 2. The van der Waals surface area contributed by atoms with Gasteiger partial charge in [-0.2, -0.15) is 0 Å². The lowest BCUT2D eigenvalue weighted by atomic mass is 10.1. The average Bonchev–Trinajstić information content (AvgIpc) is 2.15. The molecular formula is C11H20N2O2. The van der Waals surface area contributed by atoms with E-state index in [1.807, 2.05) is 26.8 Å². The Labute approximate surface area is 91.0 Å². The number of carbonyl (C=O) groups excluding carboxylic acids is 1. The molecule has 0 atom stereocenters. The van der Waals surface area contributed by atoms with Gasteiger partial charge in [0.1, 0.15) is 12.4 Å². The molecule has 1 rings (SSSR count). The van der Waals surface area contributed by atoms with Crippen molar-refractivity contribution < 1.29 is 9.90 Å². The van der Waals surface area contributed by atoms with Crippen LogP contribution >= 0.6 is 0 Å². The van der Waals surface area contributed by atoms with Gasteiger partial charge in [0.15, 0.2) is 0 Å². The van der Waals surface area contributed by atoms with Gasteiger partial charge in [0.25, 0.3) is 5.91 Å². The minimum atomic E-state index is -0.240. The molecule has 0 bridgehead atoms. The molecule has 1 aliphatic heterocycles. The van der Waals surface area contributed by atoms with E-state index in [0.29, 0.717) is 5.70 Å². The van der Waals surface area contributed by atoms with Crippen molar-refractivity contribution in [1.29, 1.82) is 0 Å². The molecule has 0 aromatic rings. The van der Waals surface area contributed by atoms with Gasteiger partial charge < -0.3 is 15.3 Å². The van der Waals surface area contributed by atoms with Crippen LogP contribution in [0.3, 0.4) is 0 Å². The molecule has 0 spiro atoms. The molecule has 0 unspecified atom stereocenters. The fourth-order valence-electron chi connectivity index (χ4n) is 1.56. The van der Waals surface area contributed by atoms with Gasteiger partial charge in [-0.05, 0) is 33.6 Å². The first kappa shape index (κ1) is 12.0. The summed E-state index contributed by atoms with van der Waals surface area (Å²) < 4.78 is 0. The highest BCUT2D eigenvalue weighted by molar-refractivity contribution is 5.93. The molecule has 0 fully saturated rings. The average molecular weight is 212 g/mol. The lowest BCUT2D eigenvalue weighted by Gasteiger charge is -2.30. The van der Waals surface area contributed by atoms with Crippen LogP contribution < -0.4 is 5.32 Å². The first-order valence-electron chi connectivity index (χ1n) is 5.32. The highest BCUT2D eigenvalue weighted by atomic mass is 16.3. The van der Waals surface area contributed by atoms with E-state index >= 15 is 0 Å². The number of amides is 1. The van der Waals surface area contributed by atoms with Gasteiger partial charge in [-0.25, -0.2) is 0 Å². The predicted octanol–water partition coefficient (Wildman–Crippen LogP) is 0.831. The second-order valence-corrected chi connectivity index (χ2v) is 4.84. The van der Waals surface area contributed by atoms with Crippen molar-refractivity contribution in [2.45, 2.75) is 39.2 Å². The Morgan fingerprint density at radius 2 is 2.27 bits per heavy atom. The van der Waals surface area contributed by atoms with E-state index < -0.39 is 0 Å². The third kappa shape index (κ3) is 3.55. The highest BCUT2D eigenvalue weighted by Gasteiger charge is 2.22. The molecule has 1 aliphatic rings. The molecule has 1 heterocycles. The second-order valence-electron chi connectivity index (χ2n) is 4.84. The minimum absolute atomic E-state index is 0.0939. The normalized spacial score (nSPS) is 17.3. The molecule has 2 N–H and O–H groups in total. The van der Waals surface area contributed by atoms with Gasteiger partial charge in [0.2, 0.25) is 0 Å². The summed E-state index contributed by atoms with van der Waals surface area (Å²) in [4.78, 5) is 13.5. The highest BCUT2D eigenvalue weighted by Crippen LogP contribution is 2.15. The van der Waals surface area contributed by atoms with Gasteiger partial charge in [0, 0.05) is 12.1 Å². The van der Waals surface area contributed by atoms with Crippen LogP contribution in [0, 0.1) is 0 Å². The number of aliphatic hydroxyl groups excluding tert-OH is 1. The minimum Gasteiger partial charge on any atom is -0.376 e. The van der Waals surface area contributed by atoms with Gasteiger partial charge >= 0.3 is 0 Å². The molecule has 0 radical (unpaired) electrons. The Balaban J connectivity index is 2.69. The third-order valence-corrected chi connectivity index (χ3v) is 2.20. The fraction of sp³-hybridized carbons (Fsp3) is 0.727. The van der Waals surface area contributed by atoms with Crippen molar-refractivity contribution in [3.05, 3.63) is 11.8 Å². The molecule has 1 amide bonds. The van der Waals surface area contributed by atoms with Crippen LogP contribution in [0.5, 0.6) is 0 Å². The smallest absolute Gasteiger partial charge is 0.267 e. The van der Waals surface area contributed by atoms with E-state index in [0.717, 1.165) is 19.4 Å². The van der Waals surface area contributed by atoms with E-state index in [-0.39, 0.29) is 18.2 Å². The third-order valence-electron chi connectivity index (χ3n) is 2.20. The first-order valence-corrected chi connectivity index (χ1v) is 5.32. The Hall–Kier alpha value is -1.03. The van der Waals surface area contributed by atoms with Crippen LogP contribution in [0.4, 0.5) is 0 Å². The van der Waals surface area contributed by atoms with Crippen molar-refractivity contribution in [1.82, 2.24) is 10.2 Å². The van der Waals surface area contributed by atoms with Crippen LogP contribution in [-0.2, 0) is 4.79 Å². The van der Waals surface area contributed by atoms with Crippen molar-refractivity contribution in [3.8, 4) is 0 Å². The molecular weight excluding hydrogens is 192 g/mol. The maximum absolute atomic E-state index is 11.9. The number of carbonyl (C=O) groups is 1. The molecule has 0 saturated carbocycles. The van der Waals surface area contributed by atoms with E-state index in [9.17, 15) is 4.79 Å². The lowest BCUT2D eigenvalue weighted by Crippen LogP contribution is -2.45. The molecule has 4 nitrogen and oxygen atoms in total. The van der Waals surface area contributed by atoms with Crippen LogP contribution in [0.2, 0.25) is 0 Å². The van der Waals surface area contributed by atoms with Crippen molar-refractivity contribution in [2.24, 2.45) is 0 Å². The summed E-state index contributed by atoms with van der Waals surface area (Å²) in [6.45, 7) is 6.48. The molecule has 0 saturated heterocycles. The zero-order chi connectivity index (χ0) is 11.5. The molecule has 0 aliphatic carbocycles. The maximum atomic E-state index is 11.9. The lowest BCUT2D eigenvalue weighted by molar-refractivity contribution is -0.121.